The van der Waals surface area contributed by atoms with Gasteiger partial charge in [0.25, 0.3) is 0 Å². The molecule has 1 aromatic heterocycles. The molecule has 1 fully saturated rings. The van der Waals surface area contributed by atoms with E-state index in [-0.39, 0.29) is 17.1 Å². The molecule has 0 atom stereocenters. The number of H-pyrrole nitrogens is 1. The zero-order valence-electron chi connectivity index (χ0n) is 20.3. The summed E-state index contributed by atoms with van der Waals surface area (Å²) < 4.78 is 8.28. The summed E-state index contributed by atoms with van der Waals surface area (Å²) in [6, 6.07) is 24.9. The van der Waals surface area contributed by atoms with Gasteiger partial charge in [0.2, 0.25) is 0 Å². The van der Waals surface area contributed by atoms with Crippen LogP contribution in [0.25, 0.3) is 11.0 Å². The predicted octanol–water partition coefficient (Wildman–Crippen LogP) is 6.26. The molecule has 1 N–H and O–H groups in total. The zero-order chi connectivity index (χ0) is 23.7. The van der Waals surface area contributed by atoms with E-state index in [1.807, 2.05) is 47.0 Å². The van der Waals surface area contributed by atoms with E-state index in [4.69, 9.17) is 4.74 Å². The van der Waals surface area contributed by atoms with Crippen molar-refractivity contribution in [1.29, 1.82) is 0 Å². The maximum absolute atomic E-state index is 12.6. The van der Waals surface area contributed by atoms with E-state index in [0.717, 1.165) is 55.0 Å². The van der Waals surface area contributed by atoms with Crippen LogP contribution < -0.4 is 10.4 Å². The Labute approximate surface area is 201 Å². The molecule has 5 rings (SSSR count). The first-order chi connectivity index (χ1) is 16.4. The maximum atomic E-state index is 12.6. The van der Waals surface area contributed by atoms with Crippen molar-refractivity contribution in [2.45, 2.75) is 51.6 Å². The Bertz CT molecular complexity index is 1340. The number of likely N-dealkylation sites (tertiary alicyclic amines) is 1. The van der Waals surface area contributed by atoms with Crippen LogP contribution in [0.1, 0.15) is 50.8 Å². The van der Waals surface area contributed by atoms with Crippen LogP contribution in [0.3, 0.4) is 0 Å². The zero-order valence-corrected chi connectivity index (χ0v) is 20.3. The topological polar surface area (TPSA) is 50.3 Å². The first kappa shape index (κ1) is 22.5. The highest BCUT2D eigenvalue weighted by Gasteiger charge is 2.24. The second-order valence-corrected chi connectivity index (χ2v) is 10.3. The number of nitrogens with one attached hydrogen (secondary N) is 1. The molecule has 1 saturated heterocycles. The Morgan fingerprint density at radius 3 is 2.47 bits per heavy atom. The molecule has 176 valence electrons. The third-order valence-corrected chi connectivity index (χ3v) is 6.77. The molecule has 0 aliphatic carbocycles. The highest BCUT2D eigenvalue weighted by Crippen LogP contribution is 2.34. The monoisotopic (exact) mass is 455 g/mol. The largest absolute Gasteiger partial charge is 0.457 e. The van der Waals surface area contributed by atoms with Crippen LogP contribution in [0.2, 0.25) is 0 Å². The fraction of sp³-hybridized carbons (Fsp3) is 0.345. The van der Waals surface area contributed by atoms with Crippen LogP contribution in [0, 0.1) is 0 Å². The van der Waals surface area contributed by atoms with Crippen molar-refractivity contribution in [3.63, 3.8) is 0 Å². The average molecular weight is 456 g/mol. The quantitative estimate of drug-likeness (QED) is 0.387. The van der Waals surface area contributed by atoms with E-state index in [1.54, 1.807) is 0 Å². The summed E-state index contributed by atoms with van der Waals surface area (Å²) in [6.07, 6.45) is 1.94. The smallest absolute Gasteiger partial charge is 0.326 e. The second-order valence-electron chi connectivity index (χ2n) is 10.3. The van der Waals surface area contributed by atoms with Gasteiger partial charge in [-0.3, -0.25) is 9.47 Å². The van der Waals surface area contributed by atoms with Crippen molar-refractivity contribution in [3.8, 4) is 11.5 Å². The third-order valence-electron chi connectivity index (χ3n) is 6.77. The molecule has 3 aromatic carbocycles. The van der Waals surface area contributed by atoms with Crippen LogP contribution in [0.5, 0.6) is 11.5 Å². The summed E-state index contributed by atoms with van der Waals surface area (Å²) in [5, 5.41) is 0. The molecular weight excluding hydrogens is 422 g/mol. The van der Waals surface area contributed by atoms with Gasteiger partial charge in [0.05, 0.1) is 11.0 Å². The number of aromatic nitrogens is 2. The van der Waals surface area contributed by atoms with Crippen molar-refractivity contribution in [3.05, 3.63) is 94.4 Å². The Balaban J connectivity index is 1.25. The summed E-state index contributed by atoms with van der Waals surface area (Å²) >= 11 is 0. The first-order valence-electron chi connectivity index (χ1n) is 12.2. The van der Waals surface area contributed by atoms with Crippen LogP contribution in [0.4, 0.5) is 0 Å². The highest BCUT2D eigenvalue weighted by molar-refractivity contribution is 5.75. The number of fused-ring (bicyclic) bond motifs is 1. The summed E-state index contributed by atoms with van der Waals surface area (Å²) in [5.41, 5.74) is 4.39. The van der Waals surface area contributed by atoms with E-state index in [0.29, 0.717) is 0 Å². The molecule has 0 spiro atoms. The standard InChI is InChI=1S/C29H33N3O2/c1-29(2,3)24-11-4-7-14-27(24)34-23-10-8-9-21(19-23)20-31-17-15-22(16-18-31)32-26-13-6-5-12-25(26)30-28(32)33/h4-14,19,22H,15-18,20H2,1-3H3,(H,30,33). The molecule has 5 heteroatoms. The van der Waals surface area contributed by atoms with Crippen molar-refractivity contribution >= 4 is 11.0 Å². The number of hydrogen-bond acceptors (Lipinski definition) is 3. The van der Waals surface area contributed by atoms with Crippen molar-refractivity contribution < 1.29 is 4.74 Å². The lowest BCUT2D eigenvalue weighted by atomic mass is 9.86. The summed E-state index contributed by atoms with van der Waals surface area (Å²) in [7, 11) is 0. The maximum Gasteiger partial charge on any atom is 0.326 e. The molecular formula is C29H33N3O2. The number of imidazole rings is 1. The number of ether oxygens (including phenoxy) is 1. The van der Waals surface area contributed by atoms with E-state index in [2.05, 4.69) is 61.0 Å². The third kappa shape index (κ3) is 4.66. The molecule has 1 aliphatic heterocycles. The van der Waals surface area contributed by atoms with Gasteiger partial charge in [-0.2, -0.15) is 0 Å². The predicted molar refractivity (Wildman–Crippen MR) is 138 cm³/mol. The molecule has 0 saturated carbocycles. The number of rotatable bonds is 5. The summed E-state index contributed by atoms with van der Waals surface area (Å²) in [6.45, 7) is 9.44. The Morgan fingerprint density at radius 1 is 0.941 bits per heavy atom. The molecule has 1 aliphatic rings. The van der Waals surface area contributed by atoms with Gasteiger partial charge in [-0.25, -0.2) is 4.79 Å². The van der Waals surface area contributed by atoms with Gasteiger partial charge in [0.1, 0.15) is 11.5 Å². The molecule has 34 heavy (non-hydrogen) atoms. The lowest BCUT2D eigenvalue weighted by Gasteiger charge is -2.32. The minimum Gasteiger partial charge on any atom is -0.457 e. The molecule has 2 heterocycles. The van der Waals surface area contributed by atoms with Crippen molar-refractivity contribution in [1.82, 2.24) is 14.5 Å². The Morgan fingerprint density at radius 2 is 1.68 bits per heavy atom. The van der Waals surface area contributed by atoms with Gasteiger partial charge in [-0.15, -0.1) is 0 Å². The van der Waals surface area contributed by atoms with E-state index >= 15 is 0 Å². The number of benzene rings is 3. The molecule has 0 radical (unpaired) electrons. The highest BCUT2D eigenvalue weighted by atomic mass is 16.5. The number of hydrogen-bond donors (Lipinski definition) is 1. The molecule has 0 bridgehead atoms. The summed E-state index contributed by atoms with van der Waals surface area (Å²) in [5.74, 6) is 1.78. The van der Waals surface area contributed by atoms with Gasteiger partial charge >= 0.3 is 5.69 Å². The summed E-state index contributed by atoms with van der Waals surface area (Å²) in [4.78, 5) is 18.0. The van der Waals surface area contributed by atoms with E-state index < -0.39 is 0 Å². The fourth-order valence-corrected chi connectivity index (χ4v) is 5.04. The van der Waals surface area contributed by atoms with Gasteiger partial charge in [0.15, 0.2) is 0 Å². The van der Waals surface area contributed by atoms with Crippen LogP contribution >= 0.6 is 0 Å². The normalized spacial score (nSPS) is 15.6. The van der Waals surface area contributed by atoms with Gasteiger partial charge in [-0.1, -0.05) is 63.2 Å². The molecule has 5 nitrogen and oxygen atoms in total. The average Bonchev–Trinajstić information content (AvgIpc) is 3.15. The van der Waals surface area contributed by atoms with E-state index in [1.165, 1.54) is 11.1 Å². The molecule has 0 unspecified atom stereocenters. The number of piperidine rings is 1. The van der Waals surface area contributed by atoms with Crippen molar-refractivity contribution in [2.24, 2.45) is 0 Å². The van der Waals surface area contributed by atoms with Crippen molar-refractivity contribution in [2.75, 3.05) is 13.1 Å². The number of nitrogens with zero attached hydrogens (tertiary/aromatic N) is 2. The lowest BCUT2D eigenvalue weighted by molar-refractivity contribution is 0.180. The van der Waals surface area contributed by atoms with Crippen LogP contribution in [-0.2, 0) is 12.0 Å². The van der Waals surface area contributed by atoms with Crippen LogP contribution in [-0.4, -0.2) is 27.5 Å². The van der Waals surface area contributed by atoms with Gasteiger partial charge in [-0.05, 0) is 54.2 Å². The number of para-hydroxylation sites is 3. The second kappa shape index (κ2) is 9.15. The fourth-order valence-electron chi connectivity index (χ4n) is 5.04. The first-order valence-corrected chi connectivity index (χ1v) is 12.2. The Hall–Kier alpha value is -3.31. The minimum absolute atomic E-state index is 0.0000352. The SMILES string of the molecule is CC(C)(C)c1ccccc1Oc1cccc(CN2CCC(n3c(=O)[nH]c4ccccc43)CC2)c1. The number of aromatic amines is 1. The van der Waals surface area contributed by atoms with E-state index in [9.17, 15) is 4.79 Å². The Kier molecular flexibility index (Phi) is 6.05. The lowest BCUT2D eigenvalue weighted by Crippen LogP contribution is -2.36. The minimum atomic E-state index is 0.0000352. The van der Waals surface area contributed by atoms with Crippen LogP contribution in [0.15, 0.2) is 77.6 Å². The van der Waals surface area contributed by atoms with Gasteiger partial charge < -0.3 is 9.72 Å². The van der Waals surface area contributed by atoms with Gasteiger partial charge in [0, 0.05) is 31.2 Å². The molecule has 4 aromatic rings. The molecule has 0 amide bonds.